The molecule has 0 aromatic heterocycles. The van der Waals surface area contributed by atoms with Gasteiger partial charge < -0.3 is 47.3 Å². The van der Waals surface area contributed by atoms with Gasteiger partial charge in [0.15, 0.2) is 21.5 Å². The topological polar surface area (TPSA) is 198 Å². The summed E-state index contributed by atoms with van der Waals surface area (Å²) in [6.07, 6.45) is 1.98. The van der Waals surface area contributed by atoms with Crippen molar-refractivity contribution < 1.29 is 45.9 Å². The molecule has 0 bridgehead atoms. The molecule has 0 saturated carbocycles. The molecule has 2 fully saturated rings. The maximum absolute atomic E-state index is 9.12. The van der Waals surface area contributed by atoms with Gasteiger partial charge in [0.05, 0.1) is 76.4 Å². The van der Waals surface area contributed by atoms with E-state index in [0.29, 0.717) is 60.8 Å². The normalized spacial score (nSPS) is 15.7. The second-order valence-electron chi connectivity index (χ2n) is 10.5. The minimum atomic E-state index is -5.17. The Bertz CT molecular complexity index is 1370. The molecule has 16 nitrogen and oxygen atoms in total. The fraction of sp³-hybridized carbons (Fsp3) is 0.600. The second kappa shape index (κ2) is 19.5. The Morgan fingerprint density at radius 2 is 1.04 bits per heavy atom. The highest BCUT2D eigenvalue weighted by atomic mass is 32.3. The van der Waals surface area contributed by atoms with Crippen LogP contribution in [-0.4, -0.2) is 96.6 Å². The zero-order valence-corrected chi connectivity index (χ0v) is 28.5. The molecule has 0 N–H and O–H groups in total. The van der Waals surface area contributed by atoms with Crippen molar-refractivity contribution in [1.82, 2.24) is 0 Å². The van der Waals surface area contributed by atoms with E-state index in [9.17, 15) is 0 Å². The standard InChI is InChI=1S/2C15H22N3O3.H2O4S/c2*1-4-11(2)21-15-9-12(17-16)14(19-3)10-13(15)18-5-7-20-8-6-18;1-5(2,3)4/h2*9-11H,4-8H2,1-3H3;(H2,1,2,3,4)/q2*+1;/p-2. The van der Waals surface area contributed by atoms with Crippen molar-refractivity contribution in [1.29, 1.82) is 10.8 Å². The average molecular weight is 681 g/mol. The highest BCUT2D eigenvalue weighted by Gasteiger charge is 2.26. The van der Waals surface area contributed by atoms with Crippen molar-refractivity contribution in [3.8, 4) is 23.0 Å². The molecule has 2 aliphatic rings. The van der Waals surface area contributed by atoms with Crippen molar-refractivity contribution in [3.05, 3.63) is 34.2 Å². The van der Waals surface area contributed by atoms with Crippen LogP contribution in [0.1, 0.15) is 40.5 Å². The van der Waals surface area contributed by atoms with Crippen LogP contribution in [0, 0.1) is 10.8 Å². The summed E-state index contributed by atoms with van der Waals surface area (Å²) >= 11 is 0. The summed E-state index contributed by atoms with van der Waals surface area (Å²) in [6.45, 7) is 14.1. The quantitative estimate of drug-likeness (QED) is 0.183. The number of morpholine rings is 2. The number of ether oxygens (including phenoxy) is 6. The fourth-order valence-electron chi connectivity index (χ4n) is 4.45. The van der Waals surface area contributed by atoms with Crippen molar-refractivity contribution >= 4 is 33.1 Å². The van der Waals surface area contributed by atoms with Gasteiger partial charge in [0.1, 0.15) is 0 Å². The molecule has 2 saturated heterocycles. The molecule has 2 aromatic rings. The predicted molar refractivity (Wildman–Crippen MR) is 173 cm³/mol. The number of hydrogen-bond acceptors (Lipinski definition) is 14. The lowest BCUT2D eigenvalue weighted by molar-refractivity contribution is 0.122. The lowest BCUT2D eigenvalue weighted by Gasteiger charge is -2.30. The molecule has 2 aliphatic heterocycles. The fourth-order valence-corrected chi connectivity index (χ4v) is 4.45. The van der Waals surface area contributed by atoms with E-state index in [-0.39, 0.29) is 12.2 Å². The first-order chi connectivity index (χ1) is 22.4. The Kier molecular flexibility index (Phi) is 16.2. The number of diazo groups is 2. The molecule has 17 heteroatoms. The first-order valence-corrected chi connectivity index (χ1v) is 16.5. The van der Waals surface area contributed by atoms with Gasteiger partial charge >= 0.3 is 11.4 Å². The number of methoxy groups -OCH3 is 2. The van der Waals surface area contributed by atoms with Gasteiger partial charge in [-0.2, -0.15) is 0 Å². The molecule has 2 aromatic carbocycles. The Hall–Kier alpha value is -4.13. The molecular weight excluding hydrogens is 636 g/mol. The third kappa shape index (κ3) is 12.9. The van der Waals surface area contributed by atoms with Gasteiger partial charge in [-0.25, -0.2) is 0 Å². The summed E-state index contributed by atoms with van der Waals surface area (Å²) in [5.74, 6) is 2.46. The summed E-state index contributed by atoms with van der Waals surface area (Å²) in [5, 5.41) is 18.2. The van der Waals surface area contributed by atoms with E-state index >= 15 is 0 Å². The molecule has 0 spiro atoms. The minimum absolute atomic E-state index is 0.0877. The van der Waals surface area contributed by atoms with E-state index in [1.165, 1.54) is 0 Å². The number of nitrogens with zero attached hydrogens (tertiary/aromatic N) is 6. The number of anilines is 2. The number of hydrogen-bond donors (Lipinski definition) is 0. The van der Waals surface area contributed by atoms with Crippen LogP contribution >= 0.6 is 0 Å². The molecule has 0 aliphatic carbocycles. The Morgan fingerprint density at radius 3 is 1.30 bits per heavy atom. The lowest BCUT2D eigenvalue weighted by Crippen LogP contribution is -2.36. The predicted octanol–water partition coefficient (Wildman–Crippen LogP) is 5.05. The SMILES string of the molecule is CCC(C)Oc1cc([N+]#N)c(OC)cc1N1CCOCC1.CCC(C)Oc1cc([N+]#N)c(OC)cc1N1CCOCC1.O=S(=O)([O-])[O-]. The van der Waals surface area contributed by atoms with E-state index < -0.39 is 10.4 Å². The van der Waals surface area contributed by atoms with Gasteiger partial charge in [0.25, 0.3) is 0 Å². The van der Waals surface area contributed by atoms with Gasteiger partial charge in [-0.3, -0.25) is 8.42 Å². The average Bonchev–Trinajstić information content (AvgIpc) is 3.07. The van der Waals surface area contributed by atoms with Crippen LogP contribution in [0.3, 0.4) is 0 Å². The molecule has 47 heavy (non-hydrogen) atoms. The number of benzene rings is 2. The van der Waals surface area contributed by atoms with Crippen LogP contribution in [-0.2, 0) is 19.9 Å². The van der Waals surface area contributed by atoms with E-state index in [1.54, 1.807) is 26.4 Å². The van der Waals surface area contributed by atoms with Gasteiger partial charge in [-0.1, -0.05) is 13.8 Å². The van der Waals surface area contributed by atoms with Crippen LogP contribution in [0.25, 0.3) is 9.95 Å². The van der Waals surface area contributed by atoms with Crippen LogP contribution in [0.15, 0.2) is 24.3 Å². The third-order valence-electron chi connectivity index (χ3n) is 7.25. The smallest absolute Gasteiger partial charge is 0.430 e. The maximum Gasteiger partial charge on any atom is 0.430 e. The zero-order valence-electron chi connectivity index (χ0n) is 27.7. The third-order valence-corrected chi connectivity index (χ3v) is 7.25. The monoisotopic (exact) mass is 680 g/mol. The Morgan fingerprint density at radius 1 is 0.723 bits per heavy atom. The summed E-state index contributed by atoms with van der Waals surface area (Å²) in [4.78, 5) is 10.9. The van der Waals surface area contributed by atoms with E-state index in [2.05, 4.69) is 33.6 Å². The second-order valence-corrected chi connectivity index (χ2v) is 11.3. The molecule has 260 valence electrons. The van der Waals surface area contributed by atoms with Crippen LogP contribution in [0.2, 0.25) is 0 Å². The van der Waals surface area contributed by atoms with E-state index in [1.807, 2.05) is 26.0 Å². The molecule has 0 radical (unpaired) electrons. The number of rotatable bonds is 10. The van der Waals surface area contributed by atoms with Crippen molar-refractivity contribution in [2.45, 2.75) is 52.7 Å². The Labute approximate surface area is 276 Å². The van der Waals surface area contributed by atoms with Crippen LogP contribution in [0.5, 0.6) is 23.0 Å². The maximum atomic E-state index is 9.12. The van der Waals surface area contributed by atoms with Crippen molar-refractivity contribution in [3.63, 3.8) is 0 Å². The van der Waals surface area contributed by atoms with E-state index in [4.69, 9.17) is 56.7 Å². The van der Waals surface area contributed by atoms with Crippen molar-refractivity contribution in [2.75, 3.05) is 76.6 Å². The van der Waals surface area contributed by atoms with Gasteiger partial charge in [-0.05, 0) is 26.7 Å². The highest BCUT2D eigenvalue weighted by molar-refractivity contribution is 7.79. The molecule has 2 unspecified atom stereocenters. The lowest BCUT2D eigenvalue weighted by atomic mass is 10.2. The summed E-state index contributed by atoms with van der Waals surface area (Å²) in [5.41, 5.74) is 2.63. The van der Waals surface area contributed by atoms with Crippen molar-refractivity contribution in [2.24, 2.45) is 0 Å². The Balaban J connectivity index is 0.000000286. The molecule has 4 rings (SSSR count). The zero-order chi connectivity index (χ0) is 35.0. The summed E-state index contributed by atoms with van der Waals surface area (Å²) in [6, 6.07) is 7.15. The molecule has 0 amide bonds. The van der Waals surface area contributed by atoms with E-state index in [0.717, 1.165) is 50.4 Å². The summed E-state index contributed by atoms with van der Waals surface area (Å²) < 4.78 is 67.4. The first kappa shape index (κ1) is 39.1. The highest BCUT2D eigenvalue weighted by Crippen LogP contribution is 2.42. The first-order valence-electron chi connectivity index (χ1n) is 15.2. The van der Waals surface area contributed by atoms with Gasteiger partial charge in [-0.15, -0.1) is 0 Å². The minimum Gasteiger partial charge on any atom is -0.759 e. The van der Waals surface area contributed by atoms with Crippen LogP contribution in [0.4, 0.5) is 22.7 Å². The van der Waals surface area contributed by atoms with Crippen LogP contribution < -0.4 is 28.7 Å². The molecule has 2 atom stereocenters. The largest absolute Gasteiger partial charge is 0.759 e. The molecule has 2 heterocycles. The van der Waals surface area contributed by atoms with Gasteiger partial charge in [0.2, 0.25) is 22.3 Å². The summed E-state index contributed by atoms with van der Waals surface area (Å²) in [7, 11) is -2.05. The van der Waals surface area contributed by atoms with Gasteiger partial charge in [0, 0.05) is 48.7 Å². The molecular formula is C30H44N6O10S.